The number of nitrogens with two attached hydrogens (primary N) is 1. The van der Waals surface area contributed by atoms with Crippen molar-refractivity contribution in [3.05, 3.63) is 25.3 Å². The molecule has 1 aliphatic carbocycles. The second-order valence-corrected chi connectivity index (χ2v) is 4.15. The summed E-state index contributed by atoms with van der Waals surface area (Å²) < 4.78 is 0. The fourth-order valence-electron chi connectivity index (χ4n) is 2.21. The minimum absolute atomic E-state index is 0.409. The Morgan fingerprint density at radius 3 is 2.29 bits per heavy atom. The molecule has 1 aliphatic rings. The van der Waals surface area contributed by atoms with Crippen molar-refractivity contribution in [2.24, 2.45) is 11.7 Å². The zero-order valence-electron chi connectivity index (χ0n) is 8.99. The maximum absolute atomic E-state index is 6.04. The van der Waals surface area contributed by atoms with Gasteiger partial charge in [0.15, 0.2) is 0 Å². The maximum atomic E-state index is 6.04. The second-order valence-electron chi connectivity index (χ2n) is 4.15. The first kappa shape index (κ1) is 11.5. The molecule has 1 rings (SSSR count). The van der Waals surface area contributed by atoms with Crippen molar-refractivity contribution in [2.75, 3.05) is 19.6 Å². The second kappa shape index (κ2) is 5.99. The van der Waals surface area contributed by atoms with Crippen molar-refractivity contribution in [3.8, 4) is 0 Å². The Labute approximate surface area is 87.5 Å². The average Bonchev–Trinajstić information content (AvgIpc) is 2.53. The Kier molecular flexibility index (Phi) is 4.91. The highest BCUT2D eigenvalue weighted by Crippen LogP contribution is 2.24. The summed E-state index contributed by atoms with van der Waals surface area (Å²) in [5, 5.41) is 0. The van der Waals surface area contributed by atoms with Crippen LogP contribution in [0.3, 0.4) is 0 Å². The first-order valence-corrected chi connectivity index (χ1v) is 5.47. The van der Waals surface area contributed by atoms with Crippen molar-refractivity contribution in [1.29, 1.82) is 0 Å². The van der Waals surface area contributed by atoms with E-state index >= 15 is 0 Å². The Hall–Kier alpha value is -0.600. The largest absolute Gasteiger partial charge is 0.327 e. The number of hydrogen-bond donors (Lipinski definition) is 1. The van der Waals surface area contributed by atoms with Gasteiger partial charge in [-0.15, -0.1) is 13.2 Å². The summed E-state index contributed by atoms with van der Waals surface area (Å²) in [6, 6.07) is 0.409. The van der Waals surface area contributed by atoms with E-state index in [1.807, 2.05) is 12.2 Å². The van der Waals surface area contributed by atoms with Gasteiger partial charge >= 0.3 is 0 Å². The van der Waals surface area contributed by atoms with Crippen molar-refractivity contribution in [1.82, 2.24) is 4.90 Å². The fourth-order valence-corrected chi connectivity index (χ4v) is 2.21. The van der Waals surface area contributed by atoms with E-state index < -0.39 is 0 Å². The maximum Gasteiger partial charge on any atom is 0.0164 e. The summed E-state index contributed by atoms with van der Waals surface area (Å²) in [5.74, 6) is 0.676. The zero-order valence-corrected chi connectivity index (χ0v) is 8.99. The first-order chi connectivity index (χ1) is 6.77. The predicted molar refractivity (Wildman–Crippen MR) is 62.2 cm³/mol. The van der Waals surface area contributed by atoms with Gasteiger partial charge in [0.25, 0.3) is 0 Å². The van der Waals surface area contributed by atoms with E-state index in [0.717, 1.165) is 19.6 Å². The van der Waals surface area contributed by atoms with Crippen LogP contribution in [0.15, 0.2) is 25.3 Å². The number of hydrogen-bond acceptors (Lipinski definition) is 2. The SMILES string of the molecule is C=CCN(CC=C)CC1CCCC1N. The Morgan fingerprint density at radius 2 is 1.86 bits per heavy atom. The standard InChI is InChI=1S/C12H22N2/c1-3-8-14(9-4-2)10-11-6-5-7-12(11)13/h3-4,11-12H,1-2,5-10,13H2. The minimum atomic E-state index is 0.409. The Balaban J connectivity index is 2.36. The molecule has 0 aromatic carbocycles. The molecule has 2 atom stereocenters. The third-order valence-electron chi connectivity index (χ3n) is 2.99. The lowest BCUT2D eigenvalue weighted by atomic mass is 10.0. The minimum Gasteiger partial charge on any atom is -0.327 e. The summed E-state index contributed by atoms with van der Waals surface area (Å²) in [6.45, 7) is 10.5. The lowest BCUT2D eigenvalue weighted by Gasteiger charge is -2.25. The van der Waals surface area contributed by atoms with E-state index in [2.05, 4.69) is 18.1 Å². The van der Waals surface area contributed by atoms with Crippen molar-refractivity contribution in [2.45, 2.75) is 25.3 Å². The number of nitrogens with zero attached hydrogens (tertiary/aromatic N) is 1. The van der Waals surface area contributed by atoms with Gasteiger partial charge in [-0.1, -0.05) is 18.6 Å². The molecule has 2 heteroatoms. The molecule has 1 saturated carbocycles. The van der Waals surface area contributed by atoms with Gasteiger partial charge in [0.05, 0.1) is 0 Å². The van der Waals surface area contributed by atoms with Crippen LogP contribution in [-0.4, -0.2) is 30.6 Å². The molecule has 2 nitrogen and oxygen atoms in total. The van der Waals surface area contributed by atoms with Crippen LogP contribution >= 0.6 is 0 Å². The van der Waals surface area contributed by atoms with Crippen LogP contribution < -0.4 is 5.73 Å². The van der Waals surface area contributed by atoms with Crippen LogP contribution in [0.25, 0.3) is 0 Å². The average molecular weight is 194 g/mol. The summed E-state index contributed by atoms with van der Waals surface area (Å²) in [4.78, 5) is 2.36. The van der Waals surface area contributed by atoms with Gasteiger partial charge in [-0.2, -0.15) is 0 Å². The molecule has 2 N–H and O–H groups in total. The molecule has 0 radical (unpaired) electrons. The molecule has 0 saturated heterocycles. The van der Waals surface area contributed by atoms with Crippen molar-refractivity contribution in [3.63, 3.8) is 0 Å². The summed E-state index contributed by atoms with van der Waals surface area (Å²) >= 11 is 0. The normalized spacial score (nSPS) is 26.7. The topological polar surface area (TPSA) is 29.3 Å². The summed E-state index contributed by atoms with van der Waals surface area (Å²) in [5.41, 5.74) is 6.04. The van der Waals surface area contributed by atoms with Gasteiger partial charge in [-0.25, -0.2) is 0 Å². The van der Waals surface area contributed by atoms with Crippen molar-refractivity contribution >= 4 is 0 Å². The predicted octanol–water partition coefficient (Wildman–Crippen LogP) is 1.79. The van der Waals surface area contributed by atoms with Gasteiger partial charge in [0, 0.05) is 25.7 Å². The van der Waals surface area contributed by atoms with E-state index in [1.165, 1.54) is 19.3 Å². The first-order valence-electron chi connectivity index (χ1n) is 5.47. The van der Waals surface area contributed by atoms with E-state index in [4.69, 9.17) is 5.73 Å². The van der Waals surface area contributed by atoms with Gasteiger partial charge in [-0.3, -0.25) is 4.90 Å². The smallest absolute Gasteiger partial charge is 0.0164 e. The van der Waals surface area contributed by atoms with Crippen LogP contribution in [0.4, 0.5) is 0 Å². The number of rotatable bonds is 6. The summed E-state index contributed by atoms with van der Waals surface area (Å²) in [6.07, 6.45) is 7.67. The lowest BCUT2D eigenvalue weighted by Crippen LogP contribution is -2.36. The molecule has 2 unspecified atom stereocenters. The van der Waals surface area contributed by atoms with Crippen LogP contribution in [0.5, 0.6) is 0 Å². The van der Waals surface area contributed by atoms with Crippen LogP contribution in [0.1, 0.15) is 19.3 Å². The van der Waals surface area contributed by atoms with Gasteiger partial charge in [-0.05, 0) is 18.8 Å². The third kappa shape index (κ3) is 3.28. The van der Waals surface area contributed by atoms with E-state index in [0.29, 0.717) is 12.0 Å². The molecule has 80 valence electrons. The Morgan fingerprint density at radius 1 is 1.21 bits per heavy atom. The lowest BCUT2D eigenvalue weighted by molar-refractivity contribution is 0.265. The molecule has 0 spiro atoms. The molecule has 0 heterocycles. The molecule has 0 amide bonds. The van der Waals surface area contributed by atoms with Crippen LogP contribution in [0.2, 0.25) is 0 Å². The van der Waals surface area contributed by atoms with E-state index in [-0.39, 0.29) is 0 Å². The molecule has 0 aromatic rings. The highest BCUT2D eigenvalue weighted by molar-refractivity contribution is 4.86. The summed E-state index contributed by atoms with van der Waals surface area (Å²) in [7, 11) is 0. The third-order valence-corrected chi connectivity index (χ3v) is 2.99. The molecule has 14 heavy (non-hydrogen) atoms. The molecule has 0 aliphatic heterocycles. The highest BCUT2D eigenvalue weighted by atomic mass is 15.1. The molecule has 1 fully saturated rings. The fraction of sp³-hybridized carbons (Fsp3) is 0.667. The molecule has 0 bridgehead atoms. The quantitative estimate of drug-likeness (QED) is 0.653. The van der Waals surface area contributed by atoms with E-state index in [1.54, 1.807) is 0 Å². The molecular weight excluding hydrogens is 172 g/mol. The Bertz CT molecular complexity index is 179. The van der Waals surface area contributed by atoms with Gasteiger partial charge in [0.2, 0.25) is 0 Å². The van der Waals surface area contributed by atoms with Crippen LogP contribution in [-0.2, 0) is 0 Å². The van der Waals surface area contributed by atoms with Crippen molar-refractivity contribution < 1.29 is 0 Å². The highest BCUT2D eigenvalue weighted by Gasteiger charge is 2.25. The van der Waals surface area contributed by atoms with Gasteiger partial charge in [0.1, 0.15) is 0 Å². The zero-order chi connectivity index (χ0) is 10.4. The van der Waals surface area contributed by atoms with E-state index in [9.17, 15) is 0 Å². The molecule has 0 aromatic heterocycles. The monoisotopic (exact) mass is 194 g/mol. The van der Waals surface area contributed by atoms with Gasteiger partial charge < -0.3 is 5.73 Å². The van der Waals surface area contributed by atoms with Crippen LogP contribution in [0, 0.1) is 5.92 Å². The molecular formula is C12H22N2.